The highest BCUT2D eigenvalue weighted by atomic mass is 16.5. The highest BCUT2D eigenvalue weighted by Crippen LogP contribution is 2.14. The van der Waals surface area contributed by atoms with Crippen molar-refractivity contribution < 1.29 is 14.6 Å². The number of benzene rings is 1. The Morgan fingerprint density at radius 2 is 2.12 bits per heavy atom. The van der Waals surface area contributed by atoms with E-state index < -0.39 is 6.10 Å². The summed E-state index contributed by atoms with van der Waals surface area (Å²) < 4.78 is 9.98. The van der Waals surface area contributed by atoms with Crippen molar-refractivity contribution in [2.75, 3.05) is 33.9 Å². The minimum absolute atomic E-state index is 0.497. The predicted octanol–water partition coefficient (Wildman–Crippen LogP) is 1.10. The maximum Gasteiger partial charge on any atom is 0.0914 e. The second-order valence-corrected chi connectivity index (χ2v) is 3.89. The van der Waals surface area contributed by atoms with Crippen LogP contribution in [0.15, 0.2) is 24.3 Å². The van der Waals surface area contributed by atoms with E-state index in [1.165, 1.54) is 0 Å². The predicted molar refractivity (Wildman–Crippen MR) is 66.9 cm³/mol. The smallest absolute Gasteiger partial charge is 0.0914 e. The lowest BCUT2D eigenvalue weighted by molar-refractivity contribution is 0.160. The van der Waals surface area contributed by atoms with E-state index in [1.54, 1.807) is 14.2 Å². The number of aliphatic hydroxyl groups excluding tert-OH is 1. The van der Waals surface area contributed by atoms with Gasteiger partial charge in [0.25, 0.3) is 0 Å². The molecule has 1 unspecified atom stereocenters. The van der Waals surface area contributed by atoms with Gasteiger partial charge in [0.05, 0.1) is 19.3 Å². The maximum atomic E-state index is 9.97. The lowest BCUT2D eigenvalue weighted by Gasteiger charge is -2.13. The summed E-state index contributed by atoms with van der Waals surface area (Å²) in [6, 6.07) is 7.80. The second kappa shape index (κ2) is 8.20. The van der Waals surface area contributed by atoms with Crippen molar-refractivity contribution in [3.63, 3.8) is 0 Å². The average Bonchev–Trinajstić information content (AvgIpc) is 2.35. The van der Waals surface area contributed by atoms with Gasteiger partial charge < -0.3 is 19.9 Å². The molecular weight excluding hydrogens is 218 g/mol. The molecule has 96 valence electrons. The number of methoxy groups -OCH3 is 2. The molecule has 1 rings (SSSR count). The molecule has 0 saturated heterocycles. The van der Waals surface area contributed by atoms with E-state index in [4.69, 9.17) is 9.47 Å². The first-order chi connectivity index (χ1) is 8.27. The van der Waals surface area contributed by atoms with Crippen LogP contribution in [0.3, 0.4) is 0 Å². The van der Waals surface area contributed by atoms with E-state index in [-0.39, 0.29) is 0 Å². The van der Waals surface area contributed by atoms with E-state index in [9.17, 15) is 5.11 Å². The molecule has 1 atom stereocenters. The standard InChI is InChI=1S/C13H21NO3/c1-16-7-6-14-9-13(15)12-5-3-4-11(8-12)10-17-2/h3-5,8,13-15H,6-7,9-10H2,1-2H3. The molecule has 0 aliphatic carbocycles. The number of hydrogen-bond donors (Lipinski definition) is 2. The molecule has 0 heterocycles. The molecule has 0 bridgehead atoms. The van der Waals surface area contributed by atoms with Gasteiger partial charge in [-0.05, 0) is 11.1 Å². The maximum absolute atomic E-state index is 9.97. The third-order valence-electron chi connectivity index (χ3n) is 2.47. The van der Waals surface area contributed by atoms with Crippen LogP contribution >= 0.6 is 0 Å². The monoisotopic (exact) mass is 239 g/mol. The van der Waals surface area contributed by atoms with Crippen LogP contribution in [0.1, 0.15) is 17.2 Å². The third-order valence-corrected chi connectivity index (χ3v) is 2.47. The van der Waals surface area contributed by atoms with Crippen molar-refractivity contribution in [3.8, 4) is 0 Å². The van der Waals surface area contributed by atoms with Gasteiger partial charge in [-0.25, -0.2) is 0 Å². The Hall–Kier alpha value is -0.940. The minimum Gasteiger partial charge on any atom is -0.387 e. The molecule has 2 N–H and O–H groups in total. The summed E-state index contributed by atoms with van der Waals surface area (Å²) >= 11 is 0. The van der Waals surface area contributed by atoms with Crippen LogP contribution in [0.2, 0.25) is 0 Å². The van der Waals surface area contributed by atoms with Gasteiger partial charge in [0, 0.05) is 27.3 Å². The lowest BCUT2D eigenvalue weighted by Crippen LogP contribution is -2.25. The van der Waals surface area contributed by atoms with Crippen LogP contribution in [0.25, 0.3) is 0 Å². The first kappa shape index (κ1) is 14.1. The van der Waals surface area contributed by atoms with Crippen LogP contribution < -0.4 is 5.32 Å². The van der Waals surface area contributed by atoms with Crippen molar-refractivity contribution in [2.24, 2.45) is 0 Å². The molecule has 17 heavy (non-hydrogen) atoms. The van der Waals surface area contributed by atoms with Crippen LogP contribution in [0.5, 0.6) is 0 Å². The molecule has 0 saturated carbocycles. The van der Waals surface area contributed by atoms with Gasteiger partial charge in [-0.15, -0.1) is 0 Å². The van der Waals surface area contributed by atoms with Crippen molar-refractivity contribution in [2.45, 2.75) is 12.7 Å². The van der Waals surface area contributed by atoms with Gasteiger partial charge in [-0.1, -0.05) is 24.3 Å². The molecule has 0 fully saturated rings. The van der Waals surface area contributed by atoms with E-state index in [2.05, 4.69) is 5.32 Å². The largest absolute Gasteiger partial charge is 0.387 e. The van der Waals surface area contributed by atoms with Gasteiger partial charge in [-0.3, -0.25) is 0 Å². The fraction of sp³-hybridized carbons (Fsp3) is 0.538. The van der Waals surface area contributed by atoms with Crippen LogP contribution in [0.4, 0.5) is 0 Å². The first-order valence-corrected chi connectivity index (χ1v) is 5.73. The number of rotatable bonds is 8. The SMILES string of the molecule is COCCNCC(O)c1cccc(COC)c1. The number of nitrogens with one attached hydrogen (secondary N) is 1. The fourth-order valence-corrected chi connectivity index (χ4v) is 1.59. The van der Waals surface area contributed by atoms with Crippen LogP contribution in [-0.4, -0.2) is 39.0 Å². The molecule has 0 spiro atoms. The van der Waals surface area contributed by atoms with Crippen molar-refractivity contribution in [1.29, 1.82) is 0 Å². The van der Waals surface area contributed by atoms with Crippen LogP contribution in [-0.2, 0) is 16.1 Å². The number of ether oxygens (including phenoxy) is 2. The van der Waals surface area contributed by atoms with E-state index in [0.717, 1.165) is 17.7 Å². The first-order valence-electron chi connectivity index (χ1n) is 5.73. The lowest BCUT2D eigenvalue weighted by atomic mass is 10.1. The van der Waals surface area contributed by atoms with Gasteiger partial charge in [0.15, 0.2) is 0 Å². The Bertz CT molecular complexity index is 317. The van der Waals surface area contributed by atoms with Gasteiger partial charge in [0.2, 0.25) is 0 Å². The fourth-order valence-electron chi connectivity index (χ4n) is 1.59. The molecule has 0 aliphatic heterocycles. The third kappa shape index (κ3) is 5.28. The van der Waals surface area contributed by atoms with E-state index in [0.29, 0.717) is 19.8 Å². The Balaban J connectivity index is 2.44. The highest BCUT2D eigenvalue weighted by molar-refractivity contribution is 5.24. The van der Waals surface area contributed by atoms with E-state index >= 15 is 0 Å². The zero-order valence-corrected chi connectivity index (χ0v) is 10.5. The normalized spacial score (nSPS) is 12.6. The minimum atomic E-state index is -0.497. The Kier molecular flexibility index (Phi) is 6.81. The summed E-state index contributed by atoms with van der Waals surface area (Å²) in [5.41, 5.74) is 1.98. The number of hydrogen-bond acceptors (Lipinski definition) is 4. The summed E-state index contributed by atoms with van der Waals surface area (Å²) in [6.07, 6.45) is -0.497. The summed E-state index contributed by atoms with van der Waals surface area (Å²) in [6.45, 7) is 2.49. The van der Waals surface area contributed by atoms with Gasteiger partial charge in [0.1, 0.15) is 0 Å². The van der Waals surface area contributed by atoms with Crippen molar-refractivity contribution >= 4 is 0 Å². The molecule has 0 aliphatic rings. The summed E-state index contributed by atoms with van der Waals surface area (Å²) in [4.78, 5) is 0. The average molecular weight is 239 g/mol. The molecule has 0 radical (unpaired) electrons. The van der Waals surface area contributed by atoms with Crippen molar-refractivity contribution in [1.82, 2.24) is 5.32 Å². The zero-order chi connectivity index (χ0) is 12.5. The van der Waals surface area contributed by atoms with Gasteiger partial charge >= 0.3 is 0 Å². The highest BCUT2D eigenvalue weighted by Gasteiger charge is 2.07. The zero-order valence-electron chi connectivity index (χ0n) is 10.5. The molecule has 4 nitrogen and oxygen atoms in total. The number of aliphatic hydroxyl groups is 1. The summed E-state index contributed by atoms with van der Waals surface area (Å²) in [7, 11) is 3.32. The topological polar surface area (TPSA) is 50.7 Å². The summed E-state index contributed by atoms with van der Waals surface area (Å²) in [5.74, 6) is 0. The summed E-state index contributed by atoms with van der Waals surface area (Å²) in [5, 5.41) is 13.1. The second-order valence-electron chi connectivity index (χ2n) is 3.89. The molecule has 1 aromatic rings. The molecule has 0 amide bonds. The Morgan fingerprint density at radius 3 is 2.82 bits per heavy atom. The molecule has 1 aromatic carbocycles. The Morgan fingerprint density at radius 1 is 1.29 bits per heavy atom. The van der Waals surface area contributed by atoms with E-state index in [1.807, 2.05) is 24.3 Å². The molecule has 0 aromatic heterocycles. The molecule has 4 heteroatoms. The van der Waals surface area contributed by atoms with Crippen LogP contribution in [0, 0.1) is 0 Å². The Labute approximate surface area is 103 Å². The quantitative estimate of drug-likeness (QED) is 0.667. The van der Waals surface area contributed by atoms with Gasteiger partial charge in [-0.2, -0.15) is 0 Å². The van der Waals surface area contributed by atoms with Crippen molar-refractivity contribution in [3.05, 3.63) is 35.4 Å². The molecular formula is C13H21NO3.